The molecule has 4 rings (SSSR count). The molecule has 1 aromatic carbocycles. The van der Waals surface area contributed by atoms with E-state index < -0.39 is 5.60 Å². The average Bonchev–Trinajstić information content (AvgIpc) is 2.72. The number of pyridine rings is 1. The normalized spacial score (nSPS) is 26.6. The summed E-state index contributed by atoms with van der Waals surface area (Å²) in [5.41, 5.74) is 0.547. The third-order valence-electron chi connectivity index (χ3n) is 5.46. The Morgan fingerprint density at radius 3 is 2.64 bits per heavy atom. The second kappa shape index (κ2) is 7.77. The number of aliphatic hydroxyl groups is 1. The van der Waals surface area contributed by atoms with Gasteiger partial charge >= 0.3 is 6.09 Å². The molecule has 2 aliphatic heterocycles. The number of aromatic nitrogens is 1. The number of ether oxygens (including phenoxy) is 3. The fourth-order valence-electron chi connectivity index (χ4n) is 4.09. The van der Waals surface area contributed by atoms with Crippen LogP contribution in [0.25, 0.3) is 0 Å². The van der Waals surface area contributed by atoms with E-state index in [0.29, 0.717) is 37.4 Å². The number of nitrogens with zero attached hydrogens (tertiary/aromatic N) is 2. The van der Waals surface area contributed by atoms with E-state index in [9.17, 15) is 9.90 Å². The molecular weight excluding hydrogens is 360 g/mol. The maximum absolute atomic E-state index is 12.8. The van der Waals surface area contributed by atoms with Crippen LogP contribution in [0.15, 0.2) is 48.8 Å². The summed E-state index contributed by atoms with van der Waals surface area (Å²) >= 11 is 0. The highest BCUT2D eigenvalue weighted by Crippen LogP contribution is 2.41. The molecule has 28 heavy (non-hydrogen) atoms. The summed E-state index contributed by atoms with van der Waals surface area (Å²) < 4.78 is 16.4. The third-order valence-corrected chi connectivity index (χ3v) is 5.46. The van der Waals surface area contributed by atoms with E-state index >= 15 is 0 Å². The van der Waals surface area contributed by atoms with E-state index in [0.717, 1.165) is 5.56 Å². The Balaban J connectivity index is 1.49. The minimum Gasteiger partial charge on any atom is -0.495 e. The second-order valence-electron chi connectivity index (χ2n) is 7.35. The van der Waals surface area contributed by atoms with Gasteiger partial charge in [-0.25, -0.2) is 4.79 Å². The smallest absolute Gasteiger partial charge is 0.410 e. The number of methoxy groups -OCH3 is 1. The lowest BCUT2D eigenvalue weighted by Gasteiger charge is -2.50. The molecule has 0 aliphatic carbocycles. The van der Waals surface area contributed by atoms with E-state index in [2.05, 4.69) is 4.98 Å². The van der Waals surface area contributed by atoms with Crippen molar-refractivity contribution in [1.29, 1.82) is 0 Å². The number of carbonyl (C=O) groups excluding carboxylic acids is 1. The van der Waals surface area contributed by atoms with Crippen LogP contribution in [0.3, 0.4) is 0 Å². The van der Waals surface area contributed by atoms with E-state index in [1.807, 2.05) is 30.3 Å². The Kier molecular flexibility index (Phi) is 5.19. The van der Waals surface area contributed by atoms with Gasteiger partial charge in [0.2, 0.25) is 0 Å². The number of morpholine rings is 1. The van der Waals surface area contributed by atoms with Crippen LogP contribution >= 0.6 is 0 Å². The Morgan fingerprint density at radius 2 is 1.96 bits per heavy atom. The Hall–Kier alpha value is -2.64. The van der Waals surface area contributed by atoms with Gasteiger partial charge in [-0.15, -0.1) is 0 Å². The number of amides is 1. The van der Waals surface area contributed by atoms with Gasteiger partial charge in [-0.2, -0.15) is 0 Å². The first-order chi connectivity index (χ1) is 13.6. The van der Waals surface area contributed by atoms with Crippen LogP contribution < -0.4 is 4.74 Å². The molecule has 2 aliphatic rings. The van der Waals surface area contributed by atoms with Crippen LogP contribution in [0.5, 0.6) is 5.75 Å². The highest BCUT2D eigenvalue weighted by molar-refractivity contribution is 5.69. The first-order valence-electron chi connectivity index (χ1n) is 9.38. The lowest BCUT2D eigenvalue weighted by molar-refractivity contribution is -0.137. The highest BCUT2D eigenvalue weighted by atomic mass is 16.6. The van der Waals surface area contributed by atoms with Crippen LogP contribution in [0, 0.1) is 0 Å². The van der Waals surface area contributed by atoms with Crippen molar-refractivity contribution in [1.82, 2.24) is 9.88 Å². The van der Waals surface area contributed by atoms with E-state index in [4.69, 9.17) is 14.2 Å². The number of carbonyl (C=O) groups is 1. The SMILES string of the molecule is COc1cncc(C2(O)CC3COCC(C2)N3C(=O)OCc2ccccc2)c1. The summed E-state index contributed by atoms with van der Waals surface area (Å²) in [6, 6.07) is 10.9. The van der Waals surface area contributed by atoms with Crippen molar-refractivity contribution in [3.05, 3.63) is 59.9 Å². The zero-order chi connectivity index (χ0) is 19.6. The lowest BCUT2D eigenvalue weighted by atomic mass is 9.77. The fraction of sp³-hybridized carbons (Fsp3) is 0.429. The monoisotopic (exact) mass is 384 g/mol. The molecule has 2 aromatic rings. The van der Waals surface area contributed by atoms with Crippen molar-refractivity contribution in [3.63, 3.8) is 0 Å². The number of hydrogen-bond donors (Lipinski definition) is 1. The van der Waals surface area contributed by atoms with Crippen LogP contribution in [-0.2, 0) is 21.7 Å². The molecule has 7 nitrogen and oxygen atoms in total. The molecule has 148 valence electrons. The molecule has 2 bridgehead atoms. The fourth-order valence-corrected chi connectivity index (χ4v) is 4.09. The van der Waals surface area contributed by atoms with Gasteiger partial charge in [-0.1, -0.05) is 30.3 Å². The van der Waals surface area contributed by atoms with Crippen molar-refractivity contribution in [2.45, 2.75) is 37.1 Å². The Labute approximate surface area is 163 Å². The number of fused-ring (bicyclic) bond motifs is 2. The van der Waals surface area contributed by atoms with Crippen LogP contribution in [0.1, 0.15) is 24.0 Å². The first-order valence-corrected chi connectivity index (χ1v) is 9.38. The van der Waals surface area contributed by atoms with Gasteiger partial charge in [-0.3, -0.25) is 9.88 Å². The topological polar surface area (TPSA) is 81.1 Å². The summed E-state index contributed by atoms with van der Waals surface area (Å²) in [7, 11) is 1.57. The molecule has 0 spiro atoms. The number of benzene rings is 1. The van der Waals surface area contributed by atoms with E-state index in [-0.39, 0.29) is 24.8 Å². The van der Waals surface area contributed by atoms with Crippen molar-refractivity contribution >= 4 is 6.09 Å². The minimum atomic E-state index is -1.09. The number of hydrogen-bond acceptors (Lipinski definition) is 6. The molecule has 1 amide bonds. The largest absolute Gasteiger partial charge is 0.495 e. The Morgan fingerprint density at radius 1 is 1.25 bits per heavy atom. The first kappa shape index (κ1) is 18.7. The predicted octanol–water partition coefficient (Wildman–Crippen LogP) is 2.48. The third kappa shape index (κ3) is 3.68. The van der Waals surface area contributed by atoms with E-state index in [1.165, 1.54) is 0 Å². The highest BCUT2D eigenvalue weighted by Gasteiger charge is 2.49. The molecule has 1 aromatic heterocycles. The van der Waals surface area contributed by atoms with Crippen molar-refractivity contribution in [3.8, 4) is 5.75 Å². The molecule has 2 saturated heterocycles. The average molecular weight is 384 g/mol. The van der Waals surface area contributed by atoms with Gasteiger partial charge in [0.1, 0.15) is 12.4 Å². The lowest BCUT2D eigenvalue weighted by Crippen LogP contribution is -2.62. The summed E-state index contributed by atoms with van der Waals surface area (Å²) in [4.78, 5) is 18.7. The number of piperidine rings is 1. The zero-order valence-corrected chi connectivity index (χ0v) is 15.8. The molecule has 2 fully saturated rings. The maximum atomic E-state index is 12.8. The molecule has 7 heteroatoms. The van der Waals surface area contributed by atoms with Crippen molar-refractivity contribution in [2.75, 3.05) is 20.3 Å². The van der Waals surface area contributed by atoms with Crippen LogP contribution in [0.2, 0.25) is 0 Å². The number of rotatable bonds is 4. The molecule has 3 heterocycles. The summed E-state index contributed by atoms with van der Waals surface area (Å²) in [5.74, 6) is 0.594. The van der Waals surface area contributed by atoms with Crippen molar-refractivity contribution < 1.29 is 24.1 Å². The molecular formula is C21H24N2O5. The summed E-state index contributed by atoms with van der Waals surface area (Å²) in [6.07, 6.45) is 3.61. The van der Waals surface area contributed by atoms with Gasteiger partial charge < -0.3 is 19.3 Å². The van der Waals surface area contributed by atoms with Crippen LogP contribution in [0.4, 0.5) is 4.79 Å². The predicted molar refractivity (Wildman–Crippen MR) is 101 cm³/mol. The summed E-state index contributed by atoms with van der Waals surface area (Å²) in [6.45, 7) is 0.966. The van der Waals surface area contributed by atoms with Gasteiger partial charge in [0, 0.05) is 24.6 Å². The van der Waals surface area contributed by atoms with E-state index in [1.54, 1.807) is 30.5 Å². The van der Waals surface area contributed by atoms with Gasteiger partial charge in [-0.05, 0) is 11.6 Å². The second-order valence-corrected chi connectivity index (χ2v) is 7.35. The summed E-state index contributed by atoms with van der Waals surface area (Å²) in [5, 5.41) is 11.3. The Bertz CT molecular complexity index is 815. The molecule has 2 unspecified atom stereocenters. The minimum absolute atomic E-state index is 0.223. The molecule has 0 saturated carbocycles. The molecule has 0 radical (unpaired) electrons. The molecule has 2 atom stereocenters. The standard InChI is InChI=1S/C21H24N2O5/c1-26-19-7-16(10-22-11-19)21(25)8-17-13-27-14-18(9-21)23(17)20(24)28-12-15-5-3-2-4-6-15/h2-7,10-11,17-18,25H,8-9,12-14H2,1H3. The zero-order valence-electron chi connectivity index (χ0n) is 15.8. The van der Waals surface area contributed by atoms with Crippen molar-refractivity contribution in [2.24, 2.45) is 0 Å². The van der Waals surface area contributed by atoms with Gasteiger partial charge in [0.15, 0.2) is 0 Å². The quantitative estimate of drug-likeness (QED) is 0.872. The van der Waals surface area contributed by atoms with Gasteiger partial charge in [0.05, 0.1) is 44.2 Å². The maximum Gasteiger partial charge on any atom is 0.410 e. The van der Waals surface area contributed by atoms with Gasteiger partial charge in [0.25, 0.3) is 0 Å². The molecule has 1 N–H and O–H groups in total. The van der Waals surface area contributed by atoms with Crippen LogP contribution in [-0.4, -0.2) is 53.5 Å².